The number of methoxy groups -OCH3 is 3. The molecule has 0 aliphatic heterocycles. The van der Waals surface area contributed by atoms with Crippen LogP contribution >= 0.6 is 0 Å². The van der Waals surface area contributed by atoms with Gasteiger partial charge in [0.25, 0.3) is 0 Å². The van der Waals surface area contributed by atoms with Gasteiger partial charge in [0, 0.05) is 46.5 Å². The van der Waals surface area contributed by atoms with Crippen molar-refractivity contribution >= 4 is 0 Å². The Morgan fingerprint density at radius 1 is 1.06 bits per heavy atom. The molecule has 5 heteroatoms. The highest BCUT2D eigenvalue weighted by Crippen LogP contribution is 2.06. The summed E-state index contributed by atoms with van der Waals surface area (Å²) in [5, 5.41) is 0. The zero-order chi connectivity index (χ0) is 12.4. The summed E-state index contributed by atoms with van der Waals surface area (Å²) in [5.41, 5.74) is 5.76. The van der Waals surface area contributed by atoms with Crippen LogP contribution < -0.4 is 5.73 Å². The van der Waals surface area contributed by atoms with Gasteiger partial charge in [0.05, 0.1) is 19.8 Å². The minimum atomic E-state index is 0.213. The molecular formula is C11H26N2O3. The van der Waals surface area contributed by atoms with Crippen LogP contribution in [0.3, 0.4) is 0 Å². The molecule has 0 saturated carbocycles. The van der Waals surface area contributed by atoms with Crippen LogP contribution in [-0.2, 0) is 14.2 Å². The third-order valence-corrected chi connectivity index (χ3v) is 2.63. The molecule has 0 saturated heterocycles. The standard InChI is InChI=1S/C11H26N2O3/c1-10(8-15-3)13(5-6-14-2)11(7-12)9-16-4/h10-11H,5-9,12H2,1-4H3. The Labute approximate surface area is 98.8 Å². The molecule has 0 fully saturated rings. The Morgan fingerprint density at radius 3 is 2.12 bits per heavy atom. The van der Waals surface area contributed by atoms with Crippen molar-refractivity contribution < 1.29 is 14.2 Å². The second kappa shape index (κ2) is 9.99. The predicted octanol–water partition coefficient (Wildman–Crippen LogP) is -0.0566. The molecule has 0 aromatic heterocycles. The van der Waals surface area contributed by atoms with Crippen LogP contribution in [0.25, 0.3) is 0 Å². The summed E-state index contributed by atoms with van der Waals surface area (Å²) < 4.78 is 15.5. The van der Waals surface area contributed by atoms with E-state index in [2.05, 4.69) is 11.8 Å². The molecule has 98 valence electrons. The number of rotatable bonds is 10. The van der Waals surface area contributed by atoms with Gasteiger partial charge in [-0.25, -0.2) is 0 Å². The van der Waals surface area contributed by atoms with Crippen molar-refractivity contribution in [3.05, 3.63) is 0 Å². The van der Waals surface area contributed by atoms with E-state index in [0.29, 0.717) is 32.4 Å². The van der Waals surface area contributed by atoms with Crippen molar-refractivity contribution in [2.75, 3.05) is 54.2 Å². The third-order valence-electron chi connectivity index (χ3n) is 2.63. The van der Waals surface area contributed by atoms with Crippen molar-refractivity contribution in [2.24, 2.45) is 5.73 Å². The maximum Gasteiger partial charge on any atom is 0.0630 e. The first-order valence-electron chi connectivity index (χ1n) is 5.63. The molecule has 5 nitrogen and oxygen atoms in total. The number of ether oxygens (including phenoxy) is 3. The van der Waals surface area contributed by atoms with Crippen molar-refractivity contribution in [1.82, 2.24) is 4.90 Å². The van der Waals surface area contributed by atoms with Gasteiger partial charge in [0.1, 0.15) is 0 Å². The zero-order valence-corrected chi connectivity index (χ0v) is 10.9. The highest BCUT2D eigenvalue weighted by molar-refractivity contribution is 4.77. The minimum Gasteiger partial charge on any atom is -0.383 e. The molecule has 2 atom stereocenters. The van der Waals surface area contributed by atoms with Crippen LogP contribution in [0, 0.1) is 0 Å². The molecule has 0 aliphatic carbocycles. The number of hydrogen-bond donors (Lipinski definition) is 1. The average molecular weight is 234 g/mol. The Balaban J connectivity index is 4.34. The SMILES string of the molecule is COCCN(C(C)COC)C(CN)COC. The van der Waals surface area contributed by atoms with Gasteiger partial charge < -0.3 is 19.9 Å². The van der Waals surface area contributed by atoms with E-state index in [0.717, 1.165) is 6.54 Å². The average Bonchev–Trinajstić information content (AvgIpc) is 2.28. The first-order valence-corrected chi connectivity index (χ1v) is 5.63. The molecule has 0 bridgehead atoms. The quantitative estimate of drug-likeness (QED) is 0.574. The van der Waals surface area contributed by atoms with Gasteiger partial charge in [-0.05, 0) is 6.92 Å². The minimum absolute atomic E-state index is 0.213. The molecular weight excluding hydrogens is 208 g/mol. The lowest BCUT2D eigenvalue weighted by Crippen LogP contribution is -2.50. The van der Waals surface area contributed by atoms with Crippen LogP contribution in [0.1, 0.15) is 6.92 Å². The van der Waals surface area contributed by atoms with E-state index in [4.69, 9.17) is 19.9 Å². The van der Waals surface area contributed by atoms with E-state index in [1.54, 1.807) is 21.3 Å². The summed E-state index contributed by atoms with van der Waals surface area (Å²) in [7, 11) is 5.10. The smallest absolute Gasteiger partial charge is 0.0630 e. The molecule has 0 aromatic rings. The lowest BCUT2D eigenvalue weighted by Gasteiger charge is -2.35. The first-order chi connectivity index (χ1) is 7.71. The molecule has 0 radical (unpaired) electrons. The van der Waals surface area contributed by atoms with Crippen LogP contribution in [0.2, 0.25) is 0 Å². The molecule has 0 rings (SSSR count). The molecule has 2 N–H and O–H groups in total. The Morgan fingerprint density at radius 2 is 1.69 bits per heavy atom. The van der Waals surface area contributed by atoms with Gasteiger partial charge >= 0.3 is 0 Å². The van der Waals surface area contributed by atoms with E-state index in [1.165, 1.54) is 0 Å². The molecule has 16 heavy (non-hydrogen) atoms. The fourth-order valence-corrected chi connectivity index (χ4v) is 1.79. The summed E-state index contributed by atoms with van der Waals surface area (Å²) >= 11 is 0. The fourth-order valence-electron chi connectivity index (χ4n) is 1.79. The van der Waals surface area contributed by atoms with E-state index in [9.17, 15) is 0 Å². The third kappa shape index (κ3) is 5.77. The number of hydrogen-bond acceptors (Lipinski definition) is 5. The summed E-state index contributed by atoms with van der Waals surface area (Å²) in [6, 6.07) is 0.522. The summed E-state index contributed by atoms with van der Waals surface area (Å²) in [5.74, 6) is 0. The van der Waals surface area contributed by atoms with Gasteiger partial charge in [-0.3, -0.25) is 4.90 Å². The molecule has 2 unspecified atom stereocenters. The van der Waals surface area contributed by atoms with Gasteiger partial charge in [0.15, 0.2) is 0 Å². The second-order valence-corrected chi connectivity index (χ2v) is 3.88. The predicted molar refractivity (Wildman–Crippen MR) is 64.6 cm³/mol. The number of nitrogens with two attached hydrogens (primary N) is 1. The second-order valence-electron chi connectivity index (χ2n) is 3.88. The van der Waals surface area contributed by atoms with E-state index in [1.807, 2.05) is 0 Å². The van der Waals surface area contributed by atoms with Gasteiger partial charge in [0.2, 0.25) is 0 Å². The first kappa shape index (κ1) is 15.8. The van der Waals surface area contributed by atoms with Crippen LogP contribution in [0.5, 0.6) is 0 Å². The fraction of sp³-hybridized carbons (Fsp3) is 1.00. The van der Waals surface area contributed by atoms with Crippen molar-refractivity contribution in [1.29, 1.82) is 0 Å². The van der Waals surface area contributed by atoms with E-state index >= 15 is 0 Å². The highest BCUT2D eigenvalue weighted by atomic mass is 16.5. The Hall–Kier alpha value is -0.200. The molecule has 0 aromatic carbocycles. The summed E-state index contributed by atoms with van der Waals surface area (Å²) in [4.78, 5) is 2.27. The van der Waals surface area contributed by atoms with Crippen LogP contribution in [0.15, 0.2) is 0 Å². The Bertz CT molecular complexity index is 158. The van der Waals surface area contributed by atoms with Gasteiger partial charge in [-0.1, -0.05) is 0 Å². The molecule has 0 aliphatic rings. The molecule has 0 spiro atoms. The van der Waals surface area contributed by atoms with Gasteiger partial charge in [-0.15, -0.1) is 0 Å². The maximum atomic E-state index is 5.76. The monoisotopic (exact) mass is 234 g/mol. The van der Waals surface area contributed by atoms with Crippen LogP contribution in [-0.4, -0.2) is 71.2 Å². The lowest BCUT2D eigenvalue weighted by molar-refractivity contribution is 0.0204. The zero-order valence-electron chi connectivity index (χ0n) is 10.9. The largest absolute Gasteiger partial charge is 0.383 e. The Kier molecular flexibility index (Phi) is 9.86. The van der Waals surface area contributed by atoms with Crippen LogP contribution in [0.4, 0.5) is 0 Å². The number of nitrogens with zero attached hydrogens (tertiary/aromatic N) is 1. The van der Waals surface area contributed by atoms with E-state index in [-0.39, 0.29) is 6.04 Å². The van der Waals surface area contributed by atoms with Crippen molar-refractivity contribution in [3.8, 4) is 0 Å². The summed E-state index contributed by atoms with van der Waals surface area (Å²) in [6.07, 6.45) is 0. The van der Waals surface area contributed by atoms with Crippen molar-refractivity contribution in [2.45, 2.75) is 19.0 Å². The molecule has 0 heterocycles. The topological polar surface area (TPSA) is 57.0 Å². The summed E-state index contributed by atoms with van der Waals surface area (Å²) in [6.45, 7) is 5.54. The van der Waals surface area contributed by atoms with Crippen molar-refractivity contribution in [3.63, 3.8) is 0 Å². The van der Waals surface area contributed by atoms with E-state index < -0.39 is 0 Å². The normalized spacial score (nSPS) is 15.4. The lowest BCUT2D eigenvalue weighted by atomic mass is 10.2. The molecule has 0 amide bonds. The highest BCUT2D eigenvalue weighted by Gasteiger charge is 2.22. The van der Waals surface area contributed by atoms with Gasteiger partial charge in [-0.2, -0.15) is 0 Å². The maximum absolute atomic E-state index is 5.76.